The summed E-state index contributed by atoms with van der Waals surface area (Å²) in [5.74, 6) is -0.836. The molecule has 6 heteroatoms. The van der Waals surface area contributed by atoms with Gasteiger partial charge in [-0.2, -0.15) is 0 Å². The van der Waals surface area contributed by atoms with Gasteiger partial charge in [0.25, 0.3) is 0 Å². The molecule has 0 N–H and O–H groups in total. The molecule has 0 aromatic heterocycles. The van der Waals surface area contributed by atoms with Crippen molar-refractivity contribution in [3.8, 4) is 0 Å². The van der Waals surface area contributed by atoms with Gasteiger partial charge in [0.05, 0.1) is 0 Å². The fourth-order valence-electron chi connectivity index (χ4n) is 10.6. The summed E-state index contributed by atoms with van der Waals surface area (Å²) in [5, 5.41) is 0. The number of rotatable bonds is 63. The lowest BCUT2D eigenvalue weighted by Crippen LogP contribution is -2.30. The molecule has 73 heavy (non-hydrogen) atoms. The second kappa shape index (κ2) is 62.9. The predicted molar refractivity (Wildman–Crippen MR) is 317 cm³/mol. The molecule has 1 atom stereocenters. The van der Waals surface area contributed by atoms with Crippen LogP contribution in [0.15, 0.2) is 0 Å². The van der Waals surface area contributed by atoms with Gasteiger partial charge >= 0.3 is 17.9 Å². The summed E-state index contributed by atoms with van der Waals surface area (Å²) in [4.78, 5) is 38.1. The van der Waals surface area contributed by atoms with E-state index in [4.69, 9.17) is 14.2 Å². The molecule has 0 aliphatic carbocycles. The highest BCUT2D eigenvalue weighted by molar-refractivity contribution is 5.71. The molecule has 0 radical (unpaired) electrons. The van der Waals surface area contributed by atoms with Gasteiger partial charge in [-0.1, -0.05) is 355 Å². The van der Waals surface area contributed by atoms with Crippen LogP contribution >= 0.6 is 0 Å². The molecule has 0 spiro atoms. The average molecular weight is 1030 g/mol. The van der Waals surface area contributed by atoms with Crippen LogP contribution in [0.1, 0.15) is 393 Å². The second-order valence-corrected chi connectivity index (χ2v) is 23.1. The standard InChI is InChI=1S/C67H130O6/c1-4-7-10-13-16-19-22-23-24-25-26-27-28-29-30-31-32-33-34-35-36-37-38-39-40-41-42-43-44-46-48-51-54-57-60-66(69)72-63-64(62-71-65(68)59-56-53-50-47-21-18-15-12-9-6-3)73-67(70)61-58-55-52-49-45-20-17-14-11-8-5-2/h64H,4-63H2,1-3H3. The number of unbranched alkanes of at least 4 members (excludes halogenated alkanes) is 52. The Hall–Kier alpha value is -1.59. The fraction of sp³-hybridized carbons (Fsp3) is 0.955. The lowest BCUT2D eigenvalue weighted by Gasteiger charge is -2.18. The van der Waals surface area contributed by atoms with Gasteiger partial charge in [0.2, 0.25) is 0 Å². The monoisotopic (exact) mass is 1030 g/mol. The quantitative estimate of drug-likeness (QED) is 0.0343. The van der Waals surface area contributed by atoms with Gasteiger partial charge < -0.3 is 14.2 Å². The molecule has 0 amide bonds. The van der Waals surface area contributed by atoms with Gasteiger partial charge in [-0.25, -0.2) is 0 Å². The van der Waals surface area contributed by atoms with Gasteiger partial charge in [0, 0.05) is 19.3 Å². The van der Waals surface area contributed by atoms with E-state index in [1.165, 1.54) is 295 Å². The summed E-state index contributed by atoms with van der Waals surface area (Å²) >= 11 is 0. The van der Waals surface area contributed by atoms with Gasteiger partial charge in [-0.15, -0.1) is 0 Å². The Balaban J connectivity index is 3.89. The van der Waals surface area contributed by atoms with Crippen LogP contribution in [-0.4, -0.2) is 37.2 Å². The first-order valence-electron chi connectivity index (χ1n) is 33.5. The molecule has 0 heterocycles. The van der Waals surface area contributed by atoms with E-state index in [9.17, 15) is 14.4 Å². The van der Waals surface area contributed by atoms with Crippen molar-refractivity contribution in [2.24, 2.45) is 0 Å². The number of esters is 3. The largest absolute Gasteiger partial charge is 0.462 e. The number of hydrogen-bond donors (Lipinski definition) is 0. The zero-order chi connectivity index (χ0) is 52.9. The zero-order valence-corrected chi connectivity index (χ0v) is 50.0. The van der Waals surface area contributed by atoms with Crippen LogP contribution in [0.4, 0.5) is 0 Å². The summed E-state index contributed by atoms with van der Waals surface area (Å²) < 4.78 is 16.9. The Labute approximate surface area is 457 Å². The van der Waals surface area contributed by atoms with Crippen LogP contribution in [0.2, 0.25) is 0 Å². The van der Waals surface area contributed by atoms with Crippen molar-refractivity contribution in [2.75, 3.05) is 13.2 Å². The first-order valence-corrected chi connectivity index (χ1v) is 33.5. The SMILES string of the molecule is CCCCCCCCCCCCCCCCCCCCCCCCCCCCCCCCCCCCC(=O)OCC(COC(=O)CCCCCCCCCCCC)OC(=O)CCCCCCCCCCCCC. The van der Waals surface area contributed by atoms with Crippen LogP contribution in [0, 0.1) is 0 Å². The maximum absolute atomic E-state index is 12.8. The van der Waals surface area contributed by atoms with Crippen molar-refractivity contribution < 1.29 is 28.6 Å². The third-order valence-corrected chi connectivity index (χ3v) is 15.6. The highest BCUT2D eigenvalue weighted by Gasteiger charge is 2.19. The number of hydrogen-bond acceptors (Lipinski definition) is 6. The van der Waals surface area contributed by atoms with Gasteiger partial charge in [0.1, 0.15) is 13.2 Å². The Morgan fingerprint density at radius 3 is 0.548 bits per heavy atom. The van der Waals surface area contributed by atoms with Crippen LogP contribution in [0.25, 0.3) is 0 Å². The van der Waals surface area contributed by atoms with Crippen molar-refractivity contribution in [1.82, 2.24) is 0 Å². The summed E-state index contributed by atoms with van der Waals surface area (Å²) in [6.45, 7) is 6.69. The predicted octanol–water partition coefficient (Wildman–Crippen LogP) is 22.7. The van der Waals surface area contributed by atoms with Gasteiger partial charge in [0.15, 0.2) is 6.10 Å². The van der Waals surface area contributed by atoms with Gasteiger partial charge in [-0.05, 0) is 19.3 Å². The van der Waals surface area contributed by atoms with Crippen molar-refractivity contribution in [3.63, 3.8) is 0 Å². The Bertz CT molecular complexity index is 1090. The Morgan fingerprint density at radius 2 is 0.370 bits per heavy atom. The lowest BCUT2D eigenvalue weighted by atomic mass is 10.0. The normalized spacial score (nSPS) is 11.9. The first kappa shape index (κ1) is 71.4. The molecule has 0 fully saturated rings. The summed E-state index contributed by atoms with van der Waals surface area (Å²) in [7, 11) is 0. The van der Waals surface area contributed by atoms with E-state index in [0.717, 1.165) is 57.8 Å². The summed E-state index contributed by atoms with van der Waals surface area (Å²) in [6, 6.07) is 0. The zero-order valence-electron chi connectivity index (χ0n) is 50.0. The van der Waals surface area contributed by atoms with Crippen LogP contribution in [0.5, 0.6) is 0 Å². The highest BCUT2D eigenvalue weighted by Crippen LogP contribution is 2.19. The number of ether oxygens (including phenoxy) is 3. The summed E-state index contributed by atoms with van der Waals surface area (Å²) in [5.41, 5.74) is 0. The molecule has 6 nitrogen and oxygen atoms in total. The summed E-state index contributed by atoms with van der Waals surface area (Å²) in [6.07, 6.45) is 73.1. The first-order chi connectivity index (χ1) is 36.0. The molecule has 0 aromatic carbocycles. The minimum absolute atomic E-state index is 0.0615. The molecule has 0 saturated heterocycles. The molecular formula is C67H130O6. The minimum Gasteiger partial charge on any atom is -0.462 e. The molecule has 0 aliphatic rings. The number of carbonyl (C=O) groups excluding carboxylic acids is 3. The van der Waals surface area contributed by atoms with Crippen molar-refractivity contribution >= 4 is 17.9 Å². The van der Waals surface area contributed by atoms with E-state index < -0.39 is 6.10 Å². The van der Waals surface area contributed by atoms with E-state index >= 15 is 0 Å². The molecule has 1 unspecified atom stereocenters. The van der Waals surface area contributed by atoms with Crippen LogP contribution < -0.4 is 0 Å². The van der Waals surface area contributed by atoms with E-state index in [1.54, 1.807) is 0 Å². The smallest absolute Gasteiger partial charge is 0.306 e. The lowest BCUT2D eigenvalue weighted by molar-refractivity contribution is -0.167. The Kier molecular flexibility index (Phi) is 61.6. The van der Waals surface area contributed by atoms with E-state index in [0.29, 0.717) is 19.3 Å². The second-order valence-electron chi connectivity index (χ2n) is 23.1. The van der Waals surface area contributed by atoms with E-state index in [-0.39, 0.29) is 31.1 Å². The molecule has 0 saturated carbocycles. The topological polar surface area (TPSA) is 78.9 Å². The van der Waals surface area contributed by atoms with E-state index in [2.05, 4.69) is 20.8 Å². The minimum atomic E-state index is -0.760. The van der Waals surface area contributed by atoms with Crippen molar-refractivity contribution in [1.29, 1.82) is 0 Å². The molecule has 0 aromatic rings. The van der Waals surface area contributed by atoms with E-state index in [1.807, 2.05) is 0 Å². The van der Waals surface area contributed by atoms with Gasteiger partial charge in [-0.3, -0.25) is 14.4 Å². The maximum Gasteiger partial charge on any atom is 0.306 e. The molecule has 0 aliphatic heterocycles. The molecule has 434 valence electrons. The Morgan fingerprint density at radius 1 is 0.219 bits per heavy atom. The fourth-order valence-corrected chi connectivity index (χ4v) is 10.6. The third-order valence-electron chi connectivity index (χ3n) is 15.6. The highest BCUT2D eigenvalue weighted by atomic mass is 16.6. The van der Waals surface area contributed by atoms with Crippen LogP contribution in [-0.2, 0) is 28.6 Å². The number of carbonyl (C=O) groups is 3. The third kappa shape index (κ3) is 61.1. The maximum atomic E-state index is 12.8. The average Bonchev–Trinajstić information content (AvgIpc) is 3.39. The van der Waals surface area contributed by atoms with Crippen molar-refractivity contribution in [2.45, 2.75) is 399 Å². The molecule has 0 bridgehead atoms. The van der Waals surface area contributed by atoms with Crippen molar-refractivity contribution in [3.05, 3.63) is 0 Å². The molecule has 0 rings (SSSR count). The molecular weight excluding hydrogens is 901 g/mol. The van der Waals surface area contributed by atoms with Crippen LogP contribution in [0.3, 0.4) is 0 Å².